The number of ether oxygens (including phenoxy) is 1. The van der Waals surface area contributed by atoms with Crippen molar-refractivity contribution < 1.29 is 13.9 Å². The molecule has 9 heteroatoms. The molecule has 2 amide bonds. The Hall–Kier alpha value is -2.94. The number of hydrogen-bond donors (Lipinski definition) is 1. The van der Waals surface area contributed by atoms with Gasteiger partial charge in [0.1, 0.15) is 5.82 Å². The first-order valence-corrected chi connectivity index (χ1v) is 9.41. The molecule has 1 aromatic carbocycles. The number of aromatic nitrogens is 2. The molecule has 8 nitrogen and oxygen atoms in total. The van der Waals surface area contributed by atoms with E-state index in [1.54, 1.807) is 23.2 Å². The van der Waals surface area contributed by atoms with E-state index in [1.165, 1.54) is 12.1 Å². The van der Waals surface area contributed by atoms with Crippen LogP contribution in [-0.2, 0) is 4.74 Å². The molecule has 0 spiro atoms. The van der Waals surface area contributed by atoms with E-state index in [0.717, 1.165) is 24.6 Å². The van der Waals surface area contributed by atoms with Gasteiger partial charge in [0.2, 0.25) is 0 Å². The third kappa shape index (κ3) is 4.30. The lowest BCUT2D eigenvalue weighted by molar-refractivity contribution is 0.122. The zero-order valence-corrected chi connectivity index (χ0v) is 15.6. The zero-order chi connectivity index (χ0) is 19.3. The van der Waals surface area contributed by atoms with Gasteiger partial charge in [0.25, 0.3) is 0 Å². The van der Waals surface area contributed by atoms with Gasteiger partial charge in [0.15, 0.2) is 5.82 Å². The van der Waals surface area contributed by atoms with Crippen LogP contribution in [0.2, 0.25) is 0 Å². The zero-order valence-electron chi connectivity index (χ0n) is 15.6. The number of morpholine rings is 1. The van der Waals surface area contributed by atoms with E-state index < -0.39 is 0 Å². The van der Waals surface area contributed by atoms with Gasteiger partial charge in [-0.2, -0.15) is 5.10 Å². The van der Waals surface area contributed by atoms with Crippen LogP contribution in [0.3, 0.4) is 0 Å². The van der Waals surface area contributed by atoms with Crippen molar-refractivity contribution >= 4 is 23.2 Å². The predicted molar refractivity (Wildman–Crippen MR) is 104 cm³/mol. The van der Waals surface area contributed by atoms with Crippen LogP contribution in [-0.4, -0.2) is 73.6 Å². The highest BCUT2D eigenvalue weighted by molar-refractivity contribution is 5.89. The number of nitrogens with zero attached hydrogens (tertiary/aromatic N) is 5. The van der Waals surface area contributed by atoms with Crippen molar-refractivity contribution in [3.63, 3.8) is 0 Å². The van der Waals surface area contributed by atoms with Crippen LogP contribution in [0.1, 0.15) is 0 Å². The maximum Gasteiger partial charge on any atom is 0.321 e. The van der Waals surface area contributed by atoms with Gasteiger partial charge in [0, 0.05) is 51.0 Å². The molecule has 2 aromatic rings. The Morgan fingerprint density at radius 3 is 2.57 bits per heavy atom. The second-order valence-electron chi connectivity index (χ2n) is 6.79. The number of carbonyl (C=O) groups is 1. The molecule has 2 aliphatic rings. The molecule has 0 atom stereocenters. The van der Waals surface area contributed by atoms with Crippen molar-refractivity contribution in [3.05, 3.63) is 42.3 Å². The summed E-state index contributed by atoms with van der Waals surface area (Å²) in [6, 6.07) is 7.73. The summed E-state index contributed by atoms with van der Waals surface area (Å²) in [6.07, 6.45) is 1.76. The summed E-state index contributed by atoms with van der Waals surface area (Å²) >= 11 is 0. The number of halogens is 1. The third-order valence-electron chi connectivity index (χ3n) is 4.97. The lowest BCUT2D eigenvalue weighted by Crippen LogP contribution is -2.50. The predicted octanol–water partition coefficient (Wildman–Crippen LogP) is 1.81. The Morgan fingerprint density at radius 2 is 1.82 bits per heavy atom. The van der Waals surface area contributed by atoms with Gasteiger partial charge in [0.05, 0.1) is 25.1 Å². The smallest absolute Gasteiger partial charge is 0.321 e. The van der Waals surface area contributed by atoms with Crippen molar-refractivity contribution in [1.29, 1.82) is 0 Å². The molecule has 2 saturated heterocycles. The van der Waals surface area contributed by atoms with Crippen LogP contribution < -0.4 is 15.1 Å². The second kappa shape index (κ2) is 8.39. The Labute approximate surface area is 162 Å². The largest absolute Gasteiger partial charge is 0.378 e. The van der Waals surface area contributed by atoms with Crippen molar-refractivity contribution in [2.45, 2.75) is 0 Å². The fourth-order valence-corrected chi connectivity index (χ4v) is 3.40. The number of carbonyl (C=O) groups excluding carboxylic acids is 1. The SMILES string of the molecule is O=C(Nc1cccc(F)c1)N1CCN(c2cnnc(N3CCOCC3)c2)CC1. The second-order valence-corrected chi connectivity index (χ2v) is 6.79. The first-order valence-electron chi connectivity index (χ1n) is 9.41. The highest BCUT2D eigenvalue weighted by atomic mass is 19.1. The van der Waals surface area contributed by atoms with Gasteiger partial charge in [-0.05, 0) is 18.2 Å². The molecule has 2 fully saturated rings. The average Bonchev–Trinajstić information content (AvgIpc) is 2.75. The van der Waals surface area contributed by atoms with Gasteiger partial charge in [-0.15, -0.1) is 5.10 Å². The molecule has 148 valence electrons. The average molecular weight is 386 g/mol. The van der Waals surface area contributed by atoms with Crippen LogP contribution in [0.15, 0.2) is 36.5 Å². The third-order valence-corrected chi connectivity index (χ3v) is 4.97. The van der Waals surface area contributed by atoms with Gasteiger partial charge in [-0.25, -0.2) is 9.18 Å². The summed E-state index contributed by atoms with van der Waals surface area (Å²) in [5.41, 5.74) is 1.46. The lowest BCUT2D eigenvalue weighted by Gasteiger charge is -2.36. The van der Waals surface area contributed by atoms with Crippen LogP contribution in [0, 0.1) is 5.82 Å². The molecular formula is C19H23FN6O2. The summed E-state index contributed by atoms with van der Waals surface area (Å²) in [4.78, 5) is 18.5. The maximum atomic E-state index is 13.3. The summed E-state index contributed by atoms with van der Waals surface area (Å²) in [5, 5.41) is 11.1. The number of hydrogen-bond acceptors (Lipinski definition) is 6. The normalized spacial score (nSPS) is 17.5. The van der Waals surface area contributed by atoms with Gasteiger partial charge in [-0.3, -0.25) is 0 Å². The molecule has 1 aromatic heterocycles. The number of amides is 2. The number of piperazine rings is 1. The Morgan fingerprint density at radius 1 is 1.04 bits per heavy atom. The minimum absolute atomic E-state index is 0.216. The molecule has 0 saturated carbocycles. The Balaban J connectivity index is 1.34. The van der Waals surface area contributed by atoms with Gasteiger partial charge >= 0.3 is 6.03 Å². The molecule has 1 N–H and O–H groups in total. The lowest BCUT2D eigenvalue weighted by atomic mass is 10.2. The first kappa shape index (κ1) is 18.4. The van der Waals surface area contributed by atoms with Crippen LogP contribution in [0.5, 0.6) is 0 Å². The van der Waals surface area contributed by atoms with E-state index in [2.05, 4.69) is 25.3 Å². The van der Waals surface area contributed by atoms with Crippen molar-refractivity contribution in [1.82, 2.24) is 15.1 Å². The molecule has 0 radical (unpaired) electrons. The van der Waals surface area contributed by atoms with E-state index in [1.807, 2.05) is 6.07 Å². The maximum absolute atomic E-state index is 13.3. The monoisotopic (exact) mass is 386 g/mol. The molecule has 0 unspecified atom stereocenters. The fourth-order valence-electron chi connectivity index (χ4n) is 3.40. The first-order chi connectivity index (χ1) is 13.7. The summed E-state index contributed by atoms with van der Waals surface area (Å²) in [5.74, 6) is 0.482. The quantitative estimate of drug-likeness (QED) is 0.867. The van der Waals surface area contributed by atoms with E-state index in [-0.39, 0.29) is 11.8 Å². The van der Waals surface area contributed by atoms with E-state index in [0.29, 0.717) is 45.1 Å². The Kier molecular flexibility index (Phi) is 5.52. The van der Waals surface area contributed by atoms with Crippen molar-refractivity contribution in [2.24, 2.45) is 0 Å². The topological polar surface area (TPSA) is 73.8 Å². The Bertz CT molecular complexity index is 822. The molecule has 28 heavy (non-hydrogen) atoms. The summed E-state index contributed by atoms with van der Waals surface area (Å²) in [7, 11) is 0. The van der Waals surface area contributed by atoms with Crippen molar-refractivity contribution in [2.75, 3.05) is 67.6 Å². The standard InChI is InChI=1S/C19H23FN6O2/c20-15-2-1-3-16(12-15)22-19(27)26-6-4-24(5-7-26)17-13-18(23-21-14-17)25-8-10-28-11-9-25/h1-3,12-14H,4-11H2,(H,22,27). The van der Waals surface area contributed by atoms with Crippen LogP contribution >= 0.6 is 0 Å². The molecule has 3 heterocycles. The molecule has 0 bridgehead atoms. The highest BCUT2D eigenvalue weighted by Crippen LogP contribution is 2.21. The van der Waals surface area contributed by atoms with Crippen LogP contribution in [0.25, 0.3) is 0 Å². The number of nitrogens with one attached hydrogen (secondary N) is 1. The number of anilines is 3. The van der Waals surface area contributed by atoms with Gasteiger partial charge in [-0.1, -0.05) is 6.07 Å². The molecular weight excluding hydrogens is 363 g/mol. The number of rotatable bonds is 3. The minimum Gasteiger partial charge on any atom is -0.378 e. The fraction of sp³-hybridized carbons (Fsp3) is 0.421. The summed E-state index contributed by atoms with van der Waals surface area (Å²) in [6.45, 7) is 5.58. The summed E-state index contributed by atoms with van der Waals surface area (Å²) < 4.78 is 18.7. The van der Waals surface area contributed by atoms with E-state index in [4.69, 9.17) is 4.74 Å². The highest BCUT2D eigenvalue weighted by Gasteiger charge is 2.22. The number of benzene rings is 1. The minimum atomic E-state index is -0.371. The molecule has 0 aliphatic carbocycles. The van der Waals surface area contributed by atoms with E-state index >= 15 is 0 Å². The van der Waals surface area contributed by atoms with Crippen LogP contribution in [0.4, 0.5) is 26.4 Å². The molecule has 4 rings (SSSR count). The van der Waals surface area contributed by atoms with Crippen molar-refractivity contribution in [3.8, 4) is 0 Å². The number of urea groups is 1. The van der Waals surface area contributed by atoms with Gasteiger partial charge < -0.3 is 24.8 Å². The molecule has 2 aliphatic heterocycles. The van der Waals surface area contributed by atoms with E-state index in [9.17, 15) is 9.18 Å².